The molecule has 2 N–H and O–H groups in total. The first-order valence-electron chi connectivity index (χ1n) is 7.98. The molecule has 5 nitrogen and oxygen atoms in total. The topological polar surface area (TPSA) is 65.6 Å². The van der Waals surface area contributed by atoms with Gasteiger partial charge in [-0.2, -0.15) is 0 Å². The third kappa shape index (κ3) is 2.63. The van der Waals surface area contributed by atoms with E-state index in [2.05, 4.69) is 4.98 Å². The number of aromatic hydroxyl groups is 1. The van der Waals surface area contributed by atoms with Gasteiger partial charge in [0, 0.05) is 18.1 Å². The molecule has 0 aliphatic carbocycles. The van der Waals surface area contributed by atoms with Crippen LogP contribution in [0.15, 0.2) is 54.7 Å². The third-order valence-corrected chi connectivity index (χ3v) is 4.41. The molecule has 2 aromatic carbocycles. The van der Waals surface area contributed by atoms with E-state index in [0.717, 1.165) is 16.5 Å². The number of H-pyrrole nitrogens is 1. The second kappa shape index (κ2) is 6.02. The highest BCUT2D eigenvalue weighted by Crippen LogP contribution is 2.27. The molecule has 1 amide bonds. The first-order valence-corrected chi connectivity index (χ1v) is 7.98. The Balaban J connectivity index is 1.60. The summed E-state index contributed by atoms with van der Waals surface area (Å²) in [6.45, 7) is 1.51. The highest BCUT2D eigenvalue weighted by molar-refractivity contribution is 6.05. The van der Waals surface area contributed by atoms with Gasteiger partial charge in [0.15, 0.2) is 0 Å². The van der Waals surface area contributed by atoms with Crippen molar-refractivity contribution in [1.82, 2.24) is 9.88 Å². The molecular formula is C19H18N2O3. The van der Waals surface area contributed by atoms with Crippen molar-refractivity contribution < 1.29 is 14.6 Å². The predicted octanol–water partition coefficient (Wildman–Crippen LogP) is 3.09. The van der Waals surface area contributed by atoms with Crippen LogP contribution < -0.4 is 0 Å². The van der Waals surface area contributed by atoms with Gasteiger partial charge in [-0.1, -0.05) is 24.3 Å². The van der Waals surface area contributed by atoms with Gasteiger partial charge >= 0.3 is 0 Å². The zero-order valence-corrected chi connectivity index (χ0v) is 13.1. The summed E-state index contributed by atoms with van der Waals surface area (Å²) in [5, 5.41) is 10.7. The number of hydrogen-bond donors (Lipinski definition) is 2. The van der Waals surface area contributed by atoms with Crippen molar-refractivity contribution in [2.24, 2.45) is 0 Å². The van der Waals surface area contributed by atoms with E-state index in [1.54, 1.807) is 18.2 Å². The summed E-state index contributed by atoms with van der Waals surface area (Å²) in [7, 11) is 0. The zero-order valence-electron chi connectivity index (χ0n) is 13.1. The first kappa shape index (κ1) is 14.8. The van der Waals surface area contributed by atoms with Crippen molar-refractivity contribution >= 4 is 16.8 Å². The summed E-state index contributed by atoms with van der Waals surface area (Å²) in [5.74, 6) is 0.201. The van der Waals surface area contributed by atoms with Crippen LogP contribution in [-0.4, -0.2) is 40.6 Å². The third-order valence-electron chi connectivity index (χ3n) is 4.41. The molecule has 0 bridgehead atoms. The van der Waals surface area contributed by atoms with Crippen LogP contribution in [0.4, 0.5) is 0 Å². The fourth-order valence-electron chi connectivity index (χ4n) is 3.19. The molecule has 122 valence electrons. The lowest BCUT2D eigenvalue weighted by Gasteiger charge is -2.33. The Bertz CT molecular complexity index is 887. The van der Waals surface area contributed by atoms with Crippen LogP contribution in [0.1, 0.15) is 22.0 Å². The molecule has 5 heteroatoms. The molecule has 1 aromatic heterocycles. The minimum Gasteiger partial charge on any atom is -0.508 e. The van der Waals surface area contributed by atoms with Crippen LogP contribution in [0.3, 0.4) is 0 Å². The number of phenolic OH excluding ortho intramolecular Hbond substituents is 1. The molecule has 2 heterocycles. The molecule has 4 rings (SSSR count). The number of hydrogen-bond acceptors (Lipinski definition) is 3. The number of nitrogens with one attached hydrogen (secondary N) is 1. The van der Waals surface area contributed by atoms with Crippen molar-refractivity contribution in [3.05, 3.63) is 65.9 Å². The molecule has 0 spiro atoms. The number of rotatable bonds is 2. The summed E-state index contributed by atoms with van der Waals surface area (Å²) in [4.78, 5) is 17.9. The maximum absolute atomic E-state index is 13.0. The van der Waals surface area contributed by atoms with Gasteiger partial charge in [0.2, 0.25) is 0 Å². The van der Waals surface area contributed by atoms with Gasteiger partial charge < -0.3 is 19.7 Å². The average Bonchev–Trinajstić information content (AvgIpc) is 3.10. The van der Waals surface area contributed by atoms with E-state index in [0.29, 0.717) is 25.3 Å². The first-order chi connectivity index (χ1) is 11.7. The van der Waals surface area contributed by atoms with Gasteiger partial charge in [0.05, 0.1) is 24.2 Å². The fourth-order valence-corrected chi connectivity index (χ4v) is 3.19. The van der Waals surface area contributed by atoms with Crippen molar-refractivity contribution in [1.29, 1.82) is 0 Å². The number of nitrogens with zero attached hydrogens (tertiary/aromatic N) is 1. The van der Waals surface area contributed by atoms with E-state index in [9.17, 15) is 9.90 Å². The van der Waals surface area contributed by atoms with Crippen molar-refractivity contribution in [2.75, 3.05) is 19.7 Å². The van der Waals surface area contributed by atoms with Crippen LogP contribution in [0, 0.1) is 0 Å². The maximum atomic E-state index is 13.0. The van der Waals surface area contributed by atoms with Crippen LogP contribution in [0.5, 0.6) is 5.75 Å². The number of carbonyl (C=O) groups is 1. The van der Waals surface area contributed by atoms with Crippen LogP contribution in [0.25, 0.3) is 10.9 Å². The van der Waals surface area contributed by atoms with Crippen molar-refractivity contribution in [2.45, 2.75) is 6.10 Å². The highest BCUT2D eigenvalue weighted by atomic mass is 16.5. The number of benzene rings is 2. The number of fused-ring (bicyclic) bond motifs is 1. The van der Waals surface area contributed by atoms with Crippen LogP contribution in [0.2, 0.25) is 0 Å². The number of amides is 1. The molecule has 1 atom stereocenters. The molecule has 1 fully saturated rings. The summed E-state index contributed by atoms with van der Waals surface area (Å²) < 4.78 is 5.79. The lowest BCUT2D eigenvalue weighted by atomic mass is 10.1. The number of ether oxygens (including phenoxy) is 1. The Morgan fingerprint density at radius 3 is 2.96 bits per heavy atom. The van der Waals surface area contributed by atoms with E-state index >= 15 is 0 Å². The summed E-state index contributed by atoms with van der Waals surface area (Å²) in [6, 6.07) is 14.7. The number of carbonyl (C=O) groups excluding carboxylic acids is 1. The lowest BCUT2D eigenvalue weighted by Crippen LogP contribution is -2.42. The van der Waals surface area contributed by atoms with E-state index < -0.39 is 0 Å². The Morgan fingerprint density at radius 2 is 2.08 bits per heavy atom. The number of aromatic nitrogens is 1. The van der Waals surface area contributed by atoms with Gasteiger partial charge in [-0.15, -0.1) is 0 Å². The number of morpholine rings is 1. The molecule has 1 saturated heterocycles. The lowest BCUT2D eigenvalue weighted by molar-refractivity contribution is -0.0228. The summed E-state index contributed by atoms with van der Waals surface area (Å²) in [6.07, 6.45) is 1.62. The largest absolute Gasteiger partial charge is 0.508 e. The van der Waals surface area contributed by atoms with E-state index in [-0.39, 0.29) is 17.8 Å². The second-order valence-electron chi connectivity index (χ2n) is 5.95. The van der Waals surface area contributed by atoms with Crippen LogP contribution >= 0.6 is 0 Å². The highest BCUT2D eigenvalue weighted by Gasteiger charge is 2.27. The van der Waals surface area contributed by atoms with Crippen LogP contribution in [-0.2, 0) is 4.74 Å². The number of phenols is 1. The summed E-state index contributed by atoms with van der Waals surface area (Å²) >= 11 is 0. The smallest absolute Gasteiger partial charge is 0.256 e. The summed E-state index contributed by atoms with van der Waals surface area (Å²) in [5.41, 5.74) is 2.42. The van der Waals surface area contributed by atoms with Crippen molar-refractivity contribution in [3.63, 3.8) is 0 Å². The Kier molecular flexibility index (Phi) is 3.70. The molecule has 3 aromatic rings. The number of aromatic amines is 1. The molecule has 0 unspecified atom stereocenters. The predicted molar refractivity (Wildman–Crippen MR) is 91.0 cm³/mol. The zero-order chi connectivity index (χ0) is 16.5. The fraction of sp³-hybridized carbons (Fsp3) is 0.211. The molecule has 1 aliphatic heterocycles. The van der Waals surface area contributed by atoms with E-state index in [1.807, 2.05) is 41.4 Å². The Labute approximate surface area is 139 Å². The maximum Gasteiger partial charge on any atom is 0.256 e. The molecular weight excluding hydrogens is 304 g/mol. The molecule has 0 radical (unpaired) electrons. The van der Waals surface area contributed by atoms with Gasteiger partial charge in [-0.3, -0.25) is 4.79 Å². The normalized spacial score (nSPS) is 18.0. The van der Waals surface area contributed by atoms with Gasteiger partial charge in [0.1, 0.15) is 11.9 Å². The second-order valence-corrected chi connectivity index (χ2v) is 5.95. The van der Waals surface area contributed by atoms with E-state index in [1.165, 1.54) is 0 Å². The monoisotopic (exact) mass is 322 g/mol. The van der Waals surface area contributed by atoms with Gasteiger partial charge in [-0.05, 0) is 29.8 Å². The quantitative estimate of drug-likeness (QED) is 0.762. The SMILES string of the molecule is O=C(c1cccc2cc[nH]c12)N1CCO[C@H](c2cccc(O)c2)C1. The van der Waals surface area contributed by atoms with Crippen molar-refractivity contribution in [3.8, 4) is 5.75 Å². The molecule has 1 aliphatic rings. The average molecular weight is 322 g/mol. The Hall–Kier alpha value is -2.79. The standard InChI is InChI=1S/C19H18N2O3/c22-15-5-1-4-14(11-15)17-12-21(9-10-24-17)19(23)16-6-2-3-13-7-8-20-18(13)16/h1-8,11,17,20,22H,9-10,12H2/t17-/m0/s1. The number of para-hydroxylation sites is 1. The van der Waals surface area contributed by atoms with Gasteiger partial charge in [0.25, 0.3) is 5.91 Å². The van der Waals surface area contributed by atoms with E-state index in [4.69, 9.17) is 4.74 Å². The Morgan fingerprint density at radius 1 is 1.21 bits per heavy atom. The minimum absolute atomic E-state index is 0.00324. The molecule has 24 heavy (non-hydrogen) atoms. The minimum atomic E-state index is -0.224. The molecule has 0 saturated carbocycles. The van der Waals surface area contributed by atoms with Gasteiger partial charge in [-0.25, -0.2) is 0 Å².